The number of amides is 2. The van der Waals surface area contributed by atoms with E-state index in [0.717, 1.165) is 5.82 Å². The van der Waals surface area contributed by atoms with Crippen molar-refractivity contribution in [2.45, 2.75) is 18.2 Å². The molecule has 0 fully saturated rings. The number of benzene rings is 1. The van der Waals surface area contributed by atoms with Gasteiger partial charge in [0.25, 0.3) is 5.91 Å². The number of carbonyl (C=O) groups excluding carboxylic acids is 2. The van der Waals surface area contributed by atoms with Crippen molar-refractivity contribution in [1.82, 2.24) is 25.6 Å². The highest BCUT2D eigenvalue weighted by molar-refractivity contribution is 7.99. The van der Waals surface area contributed by atoms with E-state index in [1.807, 2.05) is 20.0 Å². The van der Waals surface area contributed by atoms with Crippen LogP contribution < -0.4 is 20.3 Å². The number of hydrogen-bond acceptors (Lipinski definition) is 7. The SMILES string of the molecule is Cc1nnc(SCC(=O)NNC(=O)[C@H]2COc3ccccc3O2)n1C. The van der Waals surface area contributed by atoms with Crippen LogP contribution in [0.1, 0.15) is 5.82 Å². The van der Waals surface area contributed by atoms with Crippen LogP contribution in [0.4, 0.5) is 0 Å². The lowest BCUT2D eigenvalue weighted by Crippen LogP contribution is -2.51. The predicted molar refractivity (Wildman–Crippen MR) is 89.1 cm³/mol. The first-order valence-corrected chi connectivity index (χ1v) is 8.49. The van der Waals surface area contributed by atoms with Crippen LogP contribution in [0.15, 0.2) is 29.4 Å². The Morgan fingerprint density at radius 3 is 2.76 bits per heavy atom. The molecule has 132 valence electrons. The number of hydrazine groups is 1. The third kappa shape index (κ3) is 4.02. The minimum atomic E-state index is -0.829. The van der Waals surface area contributed by atoms with E-state index in [1.165, 1.54) is 11.8 Å². The van der Waals surface area contributed by atoms with E-state index in [2.05, 4.69) is 21.0 Å². The molecule has 1 aliphatic rings. The van der Waals surface area contributed by atoms with Gasteiger partial charge < -0.3 is 14.0 Å². The van der Waals surface area contributed by atoms with Crippen molar-refractivity contribution >= 4 is 23.6 Å². The Kier molecular flexibility index (Phi) is 5.08. The smallest absolute Gasteiger partial charge is 0.283 e. The maximum atomic E-state index is 12.1. The first kappa shape index (κ1) is 17.1. The van der Waals surface area contributed by atoms with Crippen molar-refractivity contribution in [3.8, 4) is 11.5 Å². The molecule has 2 N–H and O–H groups in total. The molecule has 0 saturated heterocycles. The second kappa shape index (κ2) is 7.43. The maximum Gasteiger partial charge on any atom is 0.283 e. The molecular formula is C15H17N5O4S. The number of hydrogen-bond donors (Lipinski definition) is 2. The van der Waals surface area contributed by atoms with Crippen LogP contribution in [0.25, 0.3) is 0 Å². The van der Waals surface area contributed by atoms with Crippen LogP contribution in [0.5, 0.6) is 11.5 Å². The van der Waals surface area contributed by atoms with Gasteiger partial charge in [0.15, 0.2) is 16.7 Å². The Labute approximate surface area is 148 Å². The van der Waals surface area contributed by atoms with Gasteiger partial charge in [-0.15, -0.1) is 10.2 Å². The van der Waals surface area contributed by atoms with E-state index in [4.69, 9.17) is 9.47 Å². The number of carbonyl (C=O) groups is 2. The van der Waals surface area contributed by atoms with E-state index in [9.17, 15) is 9.59 Å². The Bertz CT molecular complexity index is 794. The van der Waals surface area contributed by atoms with Gasteiger partial charge in [-0.3, -0.25) is 20.4 Å². The highest BCUT2D eigenvalue weighted by Crippen LogP contribution is 2.30. The Balaban J connectivity index is 1.44. The topological polar surface area (TPSA) is 107 Å². The van der Waals surface area contributed by atoms with Gasteiger partial charge in [0.2, 0.25) is 12.0 Å². The van der Waals surface area contributed by atoms with Crippen molar-refractivity contribution in [3.63, 3.8) is 0 Å². The molecule has 3 rings (SSSR count). The number of para-hydroxylation sites is 2. The van der Waals surface area contributed by atoms with Crippen molar-refractivity contribution in [3.05, 3.63) is 30.1 Å². The summed E-state index contributed by atoms with van der Waals surface area (Å²) in [5.41, 5.74) is 4.69. The normalized spacial score (nSPS) is 15.5. The first-order valence-electron chi connectivity index (χ1n) is 7.50. The molecule has 9 nitrogen and oxygen atoms in total. The first-order chi connectivity index (χ1) is 12.0. The average molecular weight is 363 g/mol. The fourth-order valence-corrected chi connectivity index (χ4v) is 2.80. The number of nitrogens with one attached hydrogen (secondary N) is 2. The molecule has 0 bridgehead atoms. The van der Waals surface area contributed by atoms with Crippen LogP contribution in [-0.2, 0) is 16.6 Å². The molecule has 0 aliphatic carbocycles. The lowest BCUT2D eigenvalue weighted by molar-refractivity contribution is -0.134. The van der Waals surface area contributed by atoms with Gasteiger partial charge in [0.05, 0.1) is 5.75 Å². The van der Waals surface area contributed by atoms with Gasteiger partial charge in [-0.25, -0.2) is 0 Å². The van der Waals surface area contributed by atoms with Gasteiger partial charge >= 0.3 is 0 Å². The van der Waals surface area contributed by atoms with Crippen LogP contribution in [0, 0.1) is 6.92 Å². The predicted octanol–water partition coefficient (Wildman–Crippen LogP) is 0.203. The summed E-state index contributed by atoms with van der Waals surface area (Å²) in [6.45, 7) is 1.90. The Morgan fingerprint density at radius 1 is 1.28 bits per heavy atom. The molecule has 10 heteroatoms. The lowest BCUT2D eigenvalue weighted by Gasteiger charge is -2.25. The maximum absolute atomic E-state index is 12.1. The summed E-state index contributed by atoms with van der Waals surface area (Å²) >= 11 is 1.22. The zero-order chi connectivity index (χ0) is 17.8. The molecule has 1 aliphatic heterocycles. The fourth-order valence-electron chi connectivity index (χ4n) is 2.04. The number of rotatable bonds is 4. The largest absolute Gasteiger partial charge is 0.485 e. The molecule has 0 unspecified atom stereocenters. The van der Waals surface area contributed by atoms with Crippen molar-refractivity contribution < 1.29 is 19.1 Å². The van der Waals surface area contributed by atoms with Crippen molar-refractivity contribution in [2.75, 3.05) is 12.4 Å². The molecule has 0 saturated carbocycles. The second-order valence-electron chi connectivity index (χ2n) is 5.28. The molecule has 1 aromatic heterocycles. The van der Waals surface area contributed by atoms with Crippen LogP contribution >= 0.6 is 11.8 Å². The molecule has 1 aromatic carbocycles. The zero-order valence-electron chi connectivity index (χ0n) is 13.7. The molecule has 0 spiro atoms. The summed E-state index contributed by atoms with van der Waals surface area (Å²) in [4.78, 5) is 23.9. The van der Waals surface area contributed by atoms with Crippen molar-refractivity contribution in [2.24, 2.45) is 7.05 Å². The third-order valence-electron chi connectivity index (χ3n) is 3.51. The number of aromatic nitrogens is 3. The van der Waals surface area contributed by atoms with Gasteiger partial charge in [-0.2, -0.15) is 0 Å². The van der Waals surface area contributed by atoms with E-state index in [1.54, 1.807) is 22.8 Å². The van der Waals surface area contributed by atoms with E-state index in [0.29, 0.717) is 16.7 Å². The third-order valence-corrected chi connectivity index (χ3v) is 4.53. The highest BCUT2D eigenvalue weighted by atomic mass is 32.2. The van der Waals surface area contributed by atoms with Gasteiger partial charge in [0.1, 0.15) is 12.4 Å². The molecule has 25 heavy (non-hydrogen) atoms. The minimum absolute atomic E-state index is 0.0751. The standard InChI is InChI=1S/C15H17N5O4S/c1-9-16-19-15(20(9)2)25-8-13(21)17-18-14(22)12-7-23-10-5-3-4-6-11(10)24-12/h3-6,12H,7-8H2,1-2H3,(H,17,21)(H,18,22)/t12-/m1/s1. The fraction of sp³-hybridized carbons (Fsp3) is 0.333. The monoisotopic (exact) mass is 363 g/mol. The molecule has 2 heterocycles. The van der Waals surface area contributed by atoms with Gasteiger partial charge in [-0.1, -0.05) is 23.9 Å². The molecule has 2 aromatic rings. The summed E-state index contributed by atoms with van der Waals surface area (Å²) in [5.74, 6) is 1.08. The summed E-state index contributed by atoms with van der Waals surface area (Å²) in [6, 6.07) is 7.08. The summed E-state index contributed by atoms with van der Waals surface area (Å²) in [5, 5.41) is 8.48. The number of fused-ring (bicyclic) bond motifs is 1. The highest BCUT2D eigenvalue weighted by Gasteiger charge is 2.27. The van der Waals surface area contributed by atoms with E-state index in [-0.39, 0.29) is 18.3 Å². The number of nitrogens with zero attached hydrogens (tertiary/aromatic N) is 3. The Morgan fingerprint density at radius 2 is 2.04 bits per heavy atom. The lowest BCUT2D eigenvalue weighted by atomic mass is 10.2. The van der Waals surface area contributed by atoms with Gasteiger partial charge in [0, 0.05) is 7.05 Å². The van der Waals surface area contributed by atoms with E-state index < -0.39 is 12.0 Å². The molecule has 1 atom stereocenters. The number of ether oxygens (including phenoxy) is 2. The van der Waals surface area contributed by atoms with Crippen LogP contribution in [0.3, 0.4) is 0 Å². The van der Waals surface area contributed by atoms with Gasteiger partial charge in [-0.05, 0) is 19.1 Å². The van der Waals surface area contributed by atoms with E-state index >= 15 is 0 Å². The molecular weight excluding hydrogens is 346 g/mol. The molecule has 0 radical (unpaired) electrons. The second-order valence-corrected chi connectivity index (χ2v) is 6.22. The zero-order valence-corrected chi connectivity index (χ0v) is 14.5. The Hall–Kier alpha value is -2.75. The molecule has 2 amide bonds. The van der Waals surface area contributed by atoms with Crippen molar-refractivity contribution in [1.29, 1.82) is 0 Å². The quantitative estimate of drug-likeness (QED) is 0.590. The van der Waals surface area contributed by atoms with Crippen LogP contribution in [-0.4, -0.2) is 45.0 Å². The van der Waals surface area contributed by atoms with Crippen LogP contribution in [0.2, 0.25) is 0 Å². The minimum Gasteiger partial charge on any atom is -0.485 e. The number of thioether (sulfide) groups is 1. The summed E-state index contributed by atoms with van der Waals surface area (Å²) in [7, 11) is 1.82. The summed E-state index contributed by atoms with van der Waals surface area (Å²) < 4.78 is 12.8. The summed E-state index contributed by atoms with van der Waals surface area (Å²) in [6.07, 6.45) is -0.829. The average Bonchev–Trinajstić information content (AvgIpc) is 2.96. The number of aryl methyl sites for hydroxylation is 1.